The molecule has 82 valence electrons. The van der Waals surface area contributed by atoms with Gasteiger partial charge >= 0.3 is 0 Å². The van der Waals surface area contributed by atoms with Crippen molar-refractivity contribution in [3.8, 4) is 0 Å². The first-order valence-corrected chi connectivity index (χ1v) is 4.87. The van der Waals surface area contributed by atoms with E-state index < -0.39 is 0 Å². The average molecular weight is 215 g/mol. The molecule has 5 nitrogen and oxygen atoms in total. The molecule has 0 saturated heterocycles. The van der Waals surface area contributed by atoms with E-state index in [4.69, 9.17) is 11.5 Å². The second-order valence-electron chi connectivity index (χ2n) is 3.53. The molecule has 0 aliphatic carbocycles. The summed E-state index contributed by atoms with van der Waals surface area (Å²) in [6.07, 6.45) is 0. The van der Waals surface area contributed by atoms with Crippen LogP contribution in [0.3, 0.4) is 0 Å². The first-order valence-electron chi connectivity index (χ1n) is 4.87. The van der Waals surface area contributed by atoms with Gasteiger partial charge in [0.15, 0.2) is 0 Å². The van der Waals surface area contributed by atoms with E-state index in [-0.39, 0.29) is 5.95 Å². The Morgan fingerprint density at radius 3 is 2.62 bits per heavy atom. The molecule has 2 rings (SSSR count). The Bertz CT molecular complexity index is 489. The van der Waals surface area contributed by atoms with E-state index in [0.717, 1.165) is 5.69 Å². The third kappa shape index (κ3) is 2.38. The molecule has 16 heavy (non-hydrogen) atoms. The number of hydrogen-bond donors (Lipinski definition) is 3. The van der Waals surface area contributed by atoms with Gasteiger partial charge in [-0.2, -0.15) is 9.97 Å². The van der Waals surface area contributed by atoms with Crippen LogP contribution in [0.4, 0.5) is 23.3 Å². The molecule has 1 heterocycles. The second kappa shape index (κ2) is 4.06. The van der Waals surface area contributed by atoms with E-state index in [1.165, 1.54) is 5.56 Å². The van der Waals surface area contributed by atoms with E-state index >= 15 is 0 Å². The highest BCUT2D eigenvalue weighted by atomic mass is 15.1. The van der Waals surface area contributed by atoms with Gasteiger partial charge in [-0.3, -0.25) is 0 Å². The lowest BCUT2D eigenvalue weighted by Gasteiger charge is -2.07. The van der Waals surface area contributed by atoms with Crippen molar-refractivity contribution in [2.45, 2.75) is 6.92 Å². The highest BCUT2D eigenvalue weighted by Crippen LogP contribution is 2.17. The molecule has 0 unspecified atom stereocenters. The zero-order chi connectivity index (χ0) is 11.5. The average Bonchev–Trinajstić information content (AvgIpc) is 2.15. The molecule has 5 heteroatoms. The van der Waals surface area contributed by atoms with Gasteiger partial charge in [0.25, 0.3) is 0 Å². The van der Waals surface area contributed by atoms with Gasteiger partial charge in [-0.1, -0.05) is 12.1 Å². The van der Waals surface area contributed by atoms with Crippen LogP contribution in [-0.2, 0) is 0 Å². The second-order valence-corrected chi connectivity index (χ2v) is 3.53. The van der Waals surface area contributed by atoms with E-state index in [1.54, 1.807) is 6.07 Å². The molecule has 1 aromatic carbocycles. The Morgan fingerprint density at radius 1 is 1.12 bits per heavy atom. The van der Waals surface area contributed by atoms with E-state index in [1.807, 2.05) is 31.2 Å². The van der Waals surface area contributed by atoms with Crippen LogP contribution in [-0.4, -0.2) is 9.97 Å². The van der Waals surface area contributed by atoms with Gasteiger partial charge in [0, 0.05) is 11.8 Å². The van der Waals surface area contributed by atoms with Crippen LogP contribution in [0.5, 0.6) is 0 Å². The maximum absolute atomic E-state index is 5.57. The summed E-state index contributed by atoms with van der Waals surface area (Å²) in [6.45, 7) is 2.02. The van der Waals surface area contributed by atoms with Gasteiger partial charge in [0.2, 0.25) is 5.95 Å². The quantitative estimate of drug-likeness (QED) is 0.709. The summed E-state index contributed by atoms with van der Waals surface area (Å²) in [4.78, 5) is 7.83. The normalized spacial score (nSPS) is 10.1. The molecule has 0 spiro atoms. The van der Waals surface area contributed by atoms with Crippen molar-refractivity contribution in [3.63, 3.8) is 0 Å². The van der Waals surface area contributed by atoms with Crippen molar-refractivity contribution < 1.29 is 0 Å². The number of nitrogens with zero attached hydrogens (tertiary/aromatic N) is 2. The molecule has 0 atom stereocenters. The summed E-state index contributed by atoms with van der Waals surface area (Å²) in [6, 6.07) is 9.58. The fourth-order valence-corrected chi connectivity index (χ4v) is 1.42. The Kier molecular flexibility index (Phi) is 2.59. The number of nitrogens with one attached hydrogen (secondary N) is 1. The highest BCUT2D eigenvalue weighted by Gasteiger charge is 2.00. The standard InChI is InChI=1S/C11H13N5/c1-7-3-2-4-8(5-7)14-10-6-9(12)15-11(13)16-10/h2-6H,1H3,(H5,12,13,14,15,16). The maximum Gasteiger partial charge on any atom is 0.223 e. The maximum atomic E-state index is 5.57. The van der Waals surface area contributed by atoms with Crippen molar-refractivity contribution in [1.29, 1.82) is 0 Å². The van der Waals surface area contributed by atoms with Crippen molar-refractivity contribution in [3.05, 3.63) is 35.9 Å². The Labute approximate surface area is 93.5 Å². The highest BCUT2D eigenvalue weighted by molar-refractivity contribution is 5.60. The SMILES string of the molecule is Cc1cccc(Nc2cc(N)nc(N)n2)c1. The minimum Gasteiger partial charge on any atom is -0.383 e. The molecule has 0 aliphatic rings. The fourth-order valence-electron chi connectivity index (χ4n) is 1.42. The third-order valence-corrected chi connectivity index (χ3v) is 2.05. The van der Waals surface area contributed by atoms with E-state index in [9.17, 15) is 0 Å². The number of anilines is 4. The van der Waals surface area contributed by atoms with E-state index in [2.05, 4.69) is 15.3 Å². The molecule has 2 aromatic rings. The number of rotatable bonds is 2. The lowest BCUT2D eigenvalue weighted by Crippen LogP contribution is -2.02. The minimum absolute atomic E-state index is 0.162. The number of aromatic nitrogens is 2. The summed E-state index contributed by atoms with van der Waals surface area (Å²) in [7, 11) is 0. The molecule has 5 N–H and O–H groups in total. The lowest BCUT2D eigenvalue weighted by atomic mass is 10.2. The van der Waals surface area contributed by atoms with Gasteiger partial charge in [0.1, 0.15) is 11.6 Å². The minimum atomic E-state index is 0.162. The molecule has 0 fully saturated rings. The Balaban J connectivity index is 2.27. The molecule has 0 aliphatic heterocycles. The largest absolute Gasteiger partial charge is 0.383 e. The van der Waals surface area contributed by atoms with Gasteiger partial charge in [0.05, 0.1) is 0 Å². The van der Waals surface area contributed by atoms with Crippen LogP contribution >= 0.6 is 0 Å². The molecule has 0 saturated carbocycles. The number of nitrogens with two attached hydrogens (primary N) is 2. The number of nitrogen functional groups attached to an aromatic ring is 2. The van der Waals surface area contributed by atoms with Crippen molar-refractivity contribution >= 4 is 23.3 Å². The first-order chi connectivity index (χ1) is 7.63. The Hall–Kier alpha value is -2.30. The summed E-state index contributed by atoms with van der Waals surface area (Å²) in [5.74, 6) is 1.11. The molecule has 0 radical (unpaired) electrons. The molecular weight excluding hydrogens is 202 g/mol. The van der Waals surface area contributed by atoms with Crippen molar-refractivity contribution in [2.24, 2.45) is 0 Å². The number of benzene rings is 1. The predicted molar refractivity (Wildman–Crippen MR) is 65.3 cm³/mol. The molecule has 0 bridgehead atoms. The summed E-state index contributed by atoms with van der Waals surface area (Å²) in [5, 5.41) is 3.12. The molecule has 0 amide bonds. The Morgan fingerprint density at radius 2 is 1.94 bits per heavy atom. The summed E-state index contributed by atoms with van der Waals surface area (Å²) in [5.41, 5.74) is 13.2. The zero-order valence-electron chi connectivity index (χ0n) is 8.94. The fraction of sp³-hybridized carbons (Fsp3) is 0.0909. The van der Waals surface area contributed by atoms with Crippen LogP contribution in [0.2, 0.25) is 0 Å². The smallest absolute Gasteiger partial charge is 0.223 e. The van der Waals surface area contributed by atoms with E-state index in [0.29, 0.717) is 11.6 Å². The van der Waals surface area contributed by atoms with Crippen molar-refractivity contribution in [1.82, 2.24) is 9.97 Å². The van der Waals surface area contributed by atoms with Gasteiger partial charge < -0.3 is 16.8 Å². The van der Waals surface area contributed by atoms with Gasteiger partial charge in [-0.25, -0.2) is 0 Å². The topological polar surface area (TPSA) is 89.8 Å². The first kappa shape index (κ1) is 10.2. The molecular formula is C11H13N5. The zero-order valence-corrected chi connectivity index (χ0v) is 8.94. The number of hydrogen-bond acceptors (Lipinski definition) is 5. The van der Waals surface area contributed by atoms with Crippen LogP contribution in [0.1, 0.15) is 5.56 Å². The lowest BCUT2D eigenvalue weighted by molar-refractivity contribution is 1.19. The van der Waals surface area contributed by atoms with Crippen LogP contribution in [0, 0.1) is 6.92 Å². The van der Waals surface area contributed by atoms with Crippen LogP contribution < -0.4 is 16.8 Å². The van der Waals surface area contributed by atoms with Crippen LogP contribution in [0.15, 0.2) is 30.3 Å². The monoisotopic (exact) mass is 215 g/mol. The summed E-state index contributed by atoms with van der Waals surface area (Å²) < 4.78 is 0. The molecule has 1 aromatic heterocycles. The third-order valence-electron chi connectivity index (χ3n) is 2.05. The van der Waals surface area contributed by atoms with Gasteiger partial charge in [-0.15, -0.1) is 0 Å². The van der Waals surface area contributed by atoms with Gasteiger partial charge in [-0.05, 0) is 24.6 Å². The van der Waals surface area contributed by atoms with Crippen molar-refractivity contribution in [2.75, 3.05) is 16.8 Å². The van der Waals surface area contributed by atoms with Crippen LogP contribution in [0.25, 0.3) is 0 Å². The number of aryl methyl sites for hydroxylation is 1. The summed E-state index contributed by atoms with van der Waals surface area (Å²) >= 11 is 0. The predicted octanol–water partition coefficient (Wildman–Crippen LogP) is 1.69.